The van der Waals surface area contributed by atoms with Gasteiger partial charge in [-0.1, -0.05) is 12.1 Å². The van der Waals surface area contributed by atoms with Gasteiger partial charge in [-0.15, -0.1) is 0 Å². The van der Waals surface area contributed by atoms with Crippen molar-refractivity contribution in [3.8, 4) is 0 Å². The minimum Gasteiger partial charge on any atom is -0.325 e. The van der Waals surface area contributed by atoms with E-state index in [9.17, 15) is 4.79 Å². The number of urea groups is 1. The largest absolute Gasteiger partial charge is 0.325 e. The summed E-state index contributed by atoms with van der Waals surface area (Å²) in [7, 11) is 1.93. The number of benzene rings is 1. The lowest BCUT2D eigenvalue weighted by atomic mass is 10.1. The maximum Gasteiger partial charge on any atom is 0.321 e. The molecule has 1 unspecified atom stereocenters. The lowest BCUT2D eigenvalue weighted by Gasteiger charge is -2.17. The van der Waals surface area contributed by atoms with Gasteiger partial charge in [0.2, 0.25) is 0 Å². The highest BCUT2D eigenvalue weighted by molar-refractivity contribution is 5.89. The third-order valence-electron chi connectivity index (χ3n) is 3.46. The van der Waals surface area contributed by atoms with Gasteiger partial charge in [0.1, 0.15) is 0 Å². The standard InChI is InChI=1S/C14H21N3O/c1-11(15-2)12-6-5-7-13(10-12)16-14(18)17-8-3-4-9-17/h5-7,10-11,15H,3-4,8-9H2,1-2H3,(H,16,18). The molecule has 4 nitrogen and oxygen atoms in total. The number of hydrogen-bond acceptors (Lipinski definition) is 2. The van der Waals surface area contributed by atoms with Gasteiger partial charge in [0.25, 0.3) is 0 Å². The molecule has 1 fully saturated rings. The molecular weight excluding hydrogens is 226 g/mol. The zero-order valence-electron chi connectivity index (χ0n) is 11.1. The predicted octanol–water partition coefficient (Wildman–Crippen LogP) is 2.59. The van der Waals surface area contributed by atoms with E-state index in [1.54, 1.807) is 0 Å². The van der Waals surface area contributed by atoms with E-state index >= 15 is 0 Å². The van der Waals surface area contributed by atoms with E-state index in [-0.39, 0.29) is 12.1 Å². The number of amides is 2. The van der Waals surface area contributed by atoms with Crippen LogP contribution < -0.4 is 10.6 Å². The molecule has 0 bridgehead atoms. The highest BCUT2D eigenvalue weighted by Crippen LogP contribution is 2.18. The maximum absolute atomic E-state index is 12.0. The van der Waals surface area contributed by atoms with Gasteiger partial charge in [0, 0.05) is 24.8 Å². The number of nitrogens with zero attached hydrogens (tertiary/aromatic N) is 1. The lowest BCUT2D eigenvalue weighted by Crippen LogP contribution is -2.32. The first-order valence-electron chi connectivity index (χ1n) is 6.54. The maximum atomic E-state index is 12.0. The van der Waals surface area contributed by atoms with Crippen molar-refractivity contribution in [3.63, 3.8) is 0 Å². The van der Waals surface area contributed by atoms with Gasteiger partial charge in [0.15, 0.2) is 0 Å². The van der Waals surface area contributed by atoms with Crippen LogP contribution in [0, 0.1) is 0 Å². The number of anilines is 1. The Morgan fingerprint density at radius 2 is 2.06 bits per heavy atom. The van der Waals surface area contributed by atoms with Crippen molar-refractivity contribution in [2.45, 2.75) is 25.8 Å². The van der Waals surface area contributed by atoms with Gasteiger partial charge >= 0.3 is 6.03 Å². The topological polar surface area (TPSA) is 44.4 Å². The molecule has 0 aromatic heterocycles. The summed E-state index contributed by atoms with van der Waals surface area (Å²) in [5, 5.41) is 6.16. The van der Waals surface area contributed by atoms with Crippen LogP contribution in [0.1, 0.15) is 31.4 Å². The Bertz CT molecular complexity index is 413. The molecule has 2 rings (SSSR count). The molecular formula is C14H21N3O. The van der Waals surface area contributed by atoms with Crippen LogP contribution in [0.25, 0.3) is 0 Å². The second-order valence-electron chi connectivity index (χ2n) is 4.76. The Kier molecular flexibility index (Phi) is 4.20. The second kappa shape index (κ2) is 5.87. The third kappa shape index (κ3) is 3.01. The summed E-state index contributed by atoms with van der Waals surface area (Å²) in [6, 6.07) is 8.29. The molecule has 18 heavy (non-hydrogen) atoms. The van der Waals surface area contributed by atoms with Gasteiger partial charge in [0.05, 0.1) is 0 Å². The zero-order valence-corrected chi connectivity index (χ0v) is 11.1. The number of rotatable bonds is 3. The highest BCUT2D eigenvalue weighted by atomic mass is 16.2. The molecule has 1 aromatic rings. The molecule has 1 aliphatic rings. The van der Waals surface area contributed by atoms with E-state index in [2.05, 4.69) is 23.6 Å². The first-order valence-corrected chi connectivity index (χ1v) is 6.54. The summed E-state index contributed by atoms with van der Waals surface area (Å²) in [4.78, 5) is 13.8. The Morgan fingerprint density at radius 3 is 2.72 bits per heavy atom. The molecule has 0 saturated carbocycles. The normalized spacial score (nSPS) is 16.7. The van der Waals surface area contributed by atoms with Crippen LogP contribution in [0.15, 0.2) is 24.3 Å². The molecule has 1 heterocycles. The van der Waals surface area contributed by atoms with Gasteiger partial charge in [-0.25, -0.2) is 4.79 Å². The number of nitrogens with one attached hydrogen (secondary N) is 2. The molecule has 1 aliphatic heterocycles. The third-order valence-corrected chi connectivity index (χ3v) is 3.46. The Hall–Kier alpha value is -1.55. The van der Waals surface area contributed by atoms with Crippen LogP contribution in [0.4, 0.5) is 10.5 Å². The van der Waals surface area contributed by atoms with E-state index in [0.717, 1.165) is 31.6 Å². The Morgan fingerprint density at radius 1 is 1.33 bits per heavy atom. The summed E-state index contributed by atoms with van der Waals surface area (Å²) in [5.41, 5.74) is 2.04. The fraction of sp³-hybridized carbons (Fsp3) is 0.500. The van der Waals surface area contributed by atoms with E-state index in [1.165, 1.54) is 5.56 Å². The lowest BCUT2D eigenvalue weighted by molar-refractivity contribution is 0.222. The molecule has 2 N–H and O–H groups in total. The average Bonchev–Trinajstić information content (AvgIpc) is 2.92. The van der Waals surface area contributed by atoms with Crippen LogP contribution >= 0.6 is 0 Å². The molecule has 1 saturated heterocycles. The van der Waals surface area contributed by atoms with Crippen molar-refractivity contribution in [3.05, 3.63) is 29.8 Å². The zero-order chi connectivity index (χ0) is 13.0. The summed E-state index contributed by atoms with van der Waals surface area (Å²) >= 11 is 0. The van der Waals surface area contributed by atoms with Crippen molar-refractivity contribution in [2.75, 3.05) is 25.5 Å². The van der Waals surface area contributed by atoms with Gasteiger partial charge in [-0.2, -0.15) is 0 Å². The fourth-order valence-corrected chi connectivity index (χ4v) is 2.18. The molecule has 1 aromatic carbocycles. The van der Waals surface area contributed by atoms with E-state index in [1.807, 2.05) is 30.1 Å². The minimum absolute atomic E-state index is 0.0155. The Labute approximate surface area is 108 Å². The van der Waals surface area contributed by atoms with Crippen LogP contribution in [-0.4, -0.2) is 31.1 Å². The van der Waals surface area contributed by atoms with Crippen LogP contribution in [0.5, 0.6) is 0 Å². The fourth-order valence-electron chi connectivity index (χ4n) is 2.18. The van der Waals surface area contributed by atoms with Crippen LogP contribution in [-0.2, 0) is 0 Å². The Balaban J connectivity index is 2.02. The van der Waals surface area contributed by atoms with Crippen molar-refractivity contribution >= 4 is 11.7 Å². The number of carbonyl (C=O) groups is 1. The summed E-state index contributed by atoms with van der Waals surface area (Å²) in [5.74, 6) is 0. The smallest absolute Gasteiger partial charge is 0.321 e. The van der Waals surface area contributed by atoms with E-state index in [0.29, 0.717) is 0 Å². The first kappa shape index (κ1) is 12.9. The average molecular weight is 247 g/mol. The molecule has 2 amide bonds. The van der Waals surface area contributed by atoms with Crippen molar-refractivity contribution in [2.24, 2.45) is 0 Å². The highest BCUT2D eigenvalue weighted by Gasteiger charge is 2.17. The molecule has 0 aliphatic carbocycles. The van der Waals surface area contributed by atoms with E-state index in [4.69, 9.17) is 0 Å². The molecule has 0 radical (unpaired) electrons. The molecule has 98 valence electrons. The number of likely N-dealkylation sites (tertiary alicyclic amines) is 1. The van der Waals surface area contributed by atoms with Crippen molar-refractivity contribution < 1.29 is 4.79 Å². The second-order valence-corrected chi connectivity index (χ2v) is 4.76. The minimum atomic E-state index is 0.0155. The summed E-state index contributed by atoms with van der Waals surface area (Å²) in [6.07, 6.45) is 2.23. The quantitative estimate of drug-likeness (QED) is 0.862. The molecule has 0 spiro atoms. The van der Waals surface area contributed by atoms with Crippen LogP contribution in [0.2, 0.25) is 0 Å². The molecule has 1 atom stereocenters. The van der Waals surface area contributed by atoms with Gasteiger partial charge in [-0.3, -0.25) is 0 Å². The van der Waals surface area contributed by atoms with Gasteiger partial charge < -0.3 is 15.5 Å². The summed E-state index contributed by atoms with van der Waals surface area (Å²) < 4.78 is 0. The summed E-state index contributed by atoms with van der Waals surface area (Å²) in [6.45, 7) is 3.85. The van der Waals surface area contributed by atoms with Crippen molar-refractivity contribution in [1.82, 2.24) is 10.2 Å². The van der Waals surface area contributed by atoms with E-state index < -0.39 is 0 Å². The monoisotopic (exact) mass is 247 g/mol. The molecule has 4 heteroatoms. The predicted molar refractivity (Wildman–Crippen MR) is 73.7 cm³/mol. The van der Waals surface area contributed by atoms with Crippen LogP contribution in [0.3, 0.4) is 0 Å². The van der Waals surface area contributed by atoms with Gasteiger partial charge in [-0.05, 0) is 44.5 Å². The number of hydrogen-bond donors (Lipinski definition) is 2. The first-order chi connectivity index (χ1) is 8.70. The van der Waals surface area contributed by atoms with Crippen molar-refractivity contribution in [1.29, 1.82) is 0 Å². The SMILES string of the molecule is CNC(C)c1cccc(NC(=O)N2CCCC2)c1. The number of carbonyl (C=O) groups excluding carboxylic acids is 1.